The quantitative estimate of drug-likeness (QED) is 0.565. The van der Waals surface area contributed by atoms with Crippen LogP contribution in [0.5, 0.6) is 0 Å². The van der Waals surface area contributed by atoms with Crippen molar-refractivity contribution in [3.63, 3.8) is 0 Å². The van der Waals surface area contributed by atoms with E-state index >= 15 is 0 Å². The van der Waals surface area contributed by atoms with E-state index in [9.17, 15) is 4.39 Å². The summed E-state index contributed by atoms with van der Waals surface area (Å²) in [6.45, 7) is 0. The van der Waals surface area contributed by atoms with Gasteiger partial charge >= 0.3 is 0 Å². The number of hydrogen-bond acceptors (Lipinski definition) is 2. The number of pyridine rings is 1. The number of rotatable bonds is 1. The Morgan fingerprint density at radius 2 is 1.75 bits per heavy atom. The molecule has 0 saturated carbocycles. The second-order valence-electron chi connectivity index (χ2n) is 4.64. The van der Waals surface area contributed by atoms with Crippen molar-refractivity contribution < 1.29 is 4.39 Å². The Bertz CT molecular complexity index is 927. The van der Waals surface area contributed by atoms with Crippen LogP contribution in [-0.2, 0) is 0 Å². The van der Waals surface area contributed by atoms with Crippen molar-refractivity contribution in [3.05, 3.63) is 60.4 Å². The lowest BCUT2D eigenvalue weighted by atomic mass is 10.2. The van der Waals surface area contributed by atoms with E-state index in [1.807, 2.05) is 36.4 Å². The van der Waals surface area contributed by atoms with Gasteiger partial charge in [0.2, 0.25) is 0 Å². The Balaban J connectivity index is 1.91. The summed E-state index contributed by atoms with van der Waals surface area (Å²) in [4.78, 5) is 12.1. The Kier molecular flexibility index (Phi) is 2.29. The van der Waals surface area contributed by atoms with Crippen LogP contribution in [0.1, 0.15) is 0 Å². The number of fused-ring (bicyclic) bond motifs is 2. The maximum atomic E-state index is 13.2. The molecule has 0 atom stereocenters. The number of H-pyrrole nitrogens is 1. The number of nitrogens with zero attached hydrogens (tertiary/aromatic N) is 2. The molecule has 2 aromatic heterocycles. The molecule has 0 radical (unpaired) electrons. The average molecular weight is 263 g/mol. The minimum Gasteiger partial charge on any atom is -0.337 e. The number of hydrogen-bond donors (Lipinski definition) is 1. The first-order chi connectivity index (χ1) is 9.79. The van der Waals surface area contributed by atoms with Gasteiger partial charge in [-0.2, -0.15) is 0 Å². The Morgan fingerprint density at radius 3 is 2.70 bits per heavy atom. The highest BCUT2D eigenvalue weighted by atomic mass is 19.1. The molecule has 3 nitrogen and oxygen atoms in total. The predicted octanol–water partition coefficient (Wildman–Crippen LogP) is 3.92. The molecule has 0 saturated heterocycles. The molecule has 0 bridgehead atoms. The van der Waals surface area contributed by atoms with Gasteiger partial charge in [-0.3, -0.25) is 0 Å². The van der Waals surface area contributed by atoms with Crippen molar-refractivity contribution in [2.75, 3.05) is 0 Å². The summed E-state index contributed by atoms with van der Waals surface area (Å²) in [6, 6.07) is 16.3. The molecule has 96 valence electrons. The first-order valence-electron chi connectivity index (χ1n) is 6.31. The number of aromatic amines is 1. The molecule has 2 aromatic carbocycles. The molecule has 0 amide bonds. The Hall–Kier alpha value is -2.75. The molecule has 0 aliphatic heterocycles. The first-order valence-corrected chi connectivity index (χ1v) is 6.31. The molecule has 0 aliphatic rings. The number of imidazole rings is 1. The normalized spacial score (nSPS) is 11.2. The van der Waals surface area contributed by atoms with Gasteiger partial charge in [0, 0.05) is 5.39 Å². The van der Waals surface area contributed by atoms with E-state index in [1.54, 1.807) is 6.07 Å². The largest absolute Gasteiger partial charge is 0.337 e. The lowest BCUT2D eigenvalue weighted by Gasteiger charge is -1.99. The smallest absolute Gasteiger partial charge is 0.157 e. The third-order valence-corrected chi connectivity index (χ3v) is 3.28. The highest BCUT2D eigenvalue weighted by Gasteiger charge is 2.07. The maximum absolute atomic E-state index is 13.2. The number of halogens is 1. The van der Waals surface area contributed by atoms with Crippen LogP contribution >= 0.6 is 0 Å². The topological polar surface area (TPSA) is 41.6 Å². The van der Waals surface area contributed by atoms with Crippen LogP contribution in [0.4, 0.5) is 4.39 Å². The van der Waals surface area contributed by atoms with Crippen LogP contribution in [0.15, 0.2) is 54.6 Å². The molecular weight excluding hydrogens is 253 g/mol. The fourth-order valence-electron chi connectivity index (χ4n) is 2.30. The van der Waals surface area contributed by atoms with E-state index < -0.39 is 0 Å². The standard InChI is InChI=1S/C16H10FN3/c17-11-6-8-13-15(9-11)20-16(19-13)14-7-5-10-3-1-2-4-12(10)18-14/h1-9H,(H,19,20). The van der Waals surface area contributed by atoms with Crippen LogP contribution in [0, 0.1) is 5.82 Å². The van der Waals surface area contributed by atoms with Crippen LogP contribution < -0.4 is 0 Å². The molecule has 20 heavy (non-hydrogen) atoms. The first kappa shape index (κ1) is 11.1. The Labute approximate surface area is 114 Å². The van der Waals surface area contributed by atoms with Crippen molar-refractivity contribution in [2.24, 2.45) is 0 Å². The zero-order valence-corrected chi connectivity index (χ0v) is 10.5. The van der Waals surface area contributed by atoms with Gasteiger partial charge in [-0.25, -0.2) is 14.4 Å². The molecule has 0 fully saturated rings. The van der Waals surface area contributed by atoms with Crippen LogP contribution in [0.3, 0.4) is 0 Å². The van der Waals surface area contributed by atoms with Crippen molar-refractivity contribution in [2.45, 2.75) is 0 Å². The van der Waals surface area contributed by atoms with Crippen molar-refractivity contribution in [1.29, 1.82) is 0 Å². The van der Waals surface area contributed by atoms with Crippen molar-refractivity contribution in [3.8, 4) is 11.5 Å². The summed E-state index contributed by atoms with van der Waals surface area (Å²) in [5.41, 5.74) is 3.07. The Morgan fingerprint density at radius 1 is 0.850 bits per heavy atom. The highest BCUT2D eigenvalue weighted by Crippen LogP contribution is 2.22. The molecule has 2 heterocycles. The predicted molar refractivity (Wildman–Crippen MR) is 76.8 cm³/mol. The van der Waals surface area contributed by atoms with Gasteiger partial charge in [0.15, 0.2) is 5.82 Å². The summed E-state index contributed by atoms with van der Waals surface area (Å²) in [5.74, 6) is 0.371. The fraction of sp³-hybridized carbons (Fsp3) is 0. The molecule has 4 heteroatoms. The number of para-hydroxylation sites is 1. The van der Waals surface area contributed by atoms with Crippen LogP contribution in [0.25, 0.3) is 33.5 Å². The fourth-order valence-corrected chi connectivity index (χ4v) is 2.30. The number of benzene rings is 2. The summed E-state index contributed by atoms with van der Waals surface area (Å²) >= 11 is 0. The molecular formula is C16H10FN3. The third kappa shape index (κ3) is 1.73. The van der Waals surface area contributed by atoms with E-state index in [4.69, 9.17) is 0 Å². The van der Waals surface area contributed by atoms with E-state index in [0.29, 0.717) is 11.3 Å². The monoisotopic (exact) mass is 263 g/mol. The minimum absolute atomic E-state index is 0.279. The summed E-state index contributed by atoms with van der Waals surface area (Å²) in [6.07, 6.45) is 0. The van der Waals surface area contributed by atoms with Gasteiger partial charge in [0.1, 0.15) is 11.5 Å². The second-order valence-corrected chi connectivity index (χ2v) is 4.64. The third-order valence-electron chi connectivity index (χ3n) is 3.28. The van der Waals surface area contributed by atoms with Gasteiger partial charge in [-0.1, -0.05) is 24.3 Å². The lowest BCUT2D eigenvalue weighted by molar-refractivity contribution is 0.629. The van der Waals surface area contributed by atoms with Gasteiger partial charge < -0.3 is 4.98 Å². The molecule has 0 spiro atoms. The highest BCUT2D eigenvalue weighted by molar-refractivity contribution is 5.83. The van der Waals surface area contributed by atoms with Crippen molar-refractivity contribution >= 4 is 21.9 Å². The summed E-state index contributed by atoms with van der Waals surface area (Å²) < 4.78 is 13.2. The average Bonchev–Trinajstić information content (AvgIpc) is 2.89. The molecule has 1 N–H and O–H groups in total. The second kappa shape index (κ2) is 4.13. The van der Waals surface area contributed by atoms with E-state index in [-0.39, 0.29) is 5.82 Å². The SMILES string of the molecule is Fc1ccc2nc(-c3ccc4ccccc4n3)[nH]c2c1. The number of nitrogens with one attached hydrogen (secondary N) is 1. The molecule has 4 aromatic rings. The van der Waals surface area contributed by atoms with Gasteiger partial charge in [0.05, 0.1) is 16.6 Å². The molecule has 4 rings (SSSR count). The van der Waals surface area contributed by atoms with Crippen molar-refractivity contribution in [1.82, 2.24) is 15.0 Å². The number of aromatic nitrogens is 3. The summed E-state index contributed by atoms with van der Waals surface area (Å²) in [7, 11) is 0. The molecule has 0 aliphatic carbocycles. The van der Waals surface area contributed by atoms with Gasteiger partial charge in [-0.05, 0) is 30.3 Å². The summed E-state index contributed by atoms with van der Waals surface area (Å²) in [5, 5.41) is 1.08. The van der Waals surface area contributed by atoms with Crippen LogP contribution in [-0.4, -0.2) is 15.0 Å². The van der Waals surface area contributed by atoms with Gasteiger partial charge in [-0.15, -0.1) is 0 Å². The van der Waals surface area contributed by atoms with Crippen LogP contribution in [0.2, 0.25) is 0 Å². The van der Waals surface area contributed by atoms with E-state index in [1.165, 1.54) is 12.1 Å². The minimum atomic E-state index is -0.279. The molecule has 0 unspecified atom stereocenters. The van der Waals surface area contributed by atoms with E-state index in [2.05, 4.69) is 15.0 Å². The lowest BCUT2D eigenvalue weighted by Crippen LogP contribution is -1.86. The zero-order valence-electron chi connectivity index (χ0n) is 10.5. The zero-order chi connectivity index (χ0) is 13.5. The maximum Gasteiger partial charge on any atom is 0.157 e. The van der Waals surface area contributed by atoms with E-state index in [0.717, 1.165) is 22.1 Å². The van der Waals surface area contributed by atoms with Gasteiger partial charge in [0.25, 0.3) is 0 Å².